The molecule has 0 aliphatic carbocycles. The number of carbonyl (C=O) groups is 2. The fourth-order valence-electron chi connectivity index (χ4n) is 2.66. The predicted molar refractivity (Wildman–Crippen MR) is 100 cm³/mol. The molecule has 0 spiro atoms. The van der Waals surface area contributed by atoms with Gasteiger partial charge >= 0.3 is 0 Å². The number of amides is 2. The van der Waals surface area contributed by atoms with Gasteiger partial charge in [-0.15, -0.1) is 0 Å². The lowest BCUT2D eigenvalue weighted by Gasteiger charge is -2.20. The summed E-state index contributed by atoms with van der Waals surface area (Å²) in [6.07, 6.45) is 1.47. The molecule has 0 saturated carbocycles. The third-order valence-electron chi connectivity index (χ3n) is 3.66. The minimum absolute atomic E-state index is 0.222. The zero-order valence-electron chi connectivity index (χ0n) is 15.7. The summed E-state index contributed by atoms with van der Waals surface area (Å²) in [5, 5.41) is 5.78. The van der Waals surface area contributed by atoms with Gasteiger partial charge in [-0.1, -0.05) is 17.7 Å². The molecule has 0 fully saturated rings. The van der Waals surface area contributed by atoms with Crippen LogP contribution >= 0.6 is 0 Å². The number of pyridine rings is 1. The van der Waals surface area contributed by atoms with E-state index in [2.05, 4.69) is 15.6 Å². The first-order valence-corrected chi connectivity index (χ1v) is 8.24. The quantitative estimate of drug-likeness (QED) is 0.894. The zero-order chi connectivity index (χ0) is 18.8. The minimum atomic E-state index is -0.368. The summed E-state index contributed by atoms with van der Waals surface area (Å²) < 4.78 is 0. The summed E-state index contributed by atoms with van der Waals surface area (Å²) in [7, 11) is 0. The van der Waals surface area contributed by atoms with Crippen molar-refractivity contribution < 1.29 is 9.59 Å². The number of nitrogens with one attached hydrogen (secondary N) is 2. The molecular weight excluding hydrogens is 314 g/mol. The number of aryl methyl sites for hydroxylation is 3. The van der Waals surface area contributed by atoms with E-state index in [1.807, 2.05) is 53.7 Å². The van der Waals surface area contributed by atoms with Crippen molar-refractivity contribution in [3.05, 3.63) is 58.4 Å². The highest BCUT2D eigenvalue weighted by Gasteiger charge is 2.18. The highest BCUT2D eigenvalue weighted by Crippen LogP contribution is 2.22. The van der Waals surface area contributed by atoms with Crippen molar-refractivity contribution in [3.8, 4) is 0 Å². The number of hydrogen-bond acceptors (Lipinski definition) is 3. The van der Waals surface area contributed by atoms with E-state index in [-0.39, 0.29) is 23.0 Å². The number of nitrogens with zero attached hydrogens (tertiary/aromatic N) is 1. The molecule has 132 valence electrons. The van der Waals surface area contributed by atoms with E-state index in [4.69, 9.17) is 0 Å². The van der Waals surface area contributed by atoms with Crippen LogP contribution in [-0.2, 0) is 0 Å². The van der Waals surface area contributed by atoms with Gasteiger partial charge in [-0.2, -0.15) is 0 Å². The number of anilines is 1. The van der Waals surface area contributed by atoms with Crippen molar-refractivity contribution in [2.45, 2.75) is 47.1 Å². The maximum Gasteiger partial charge on any atom is 0.270 e. The molecule has 0 bridgehead atoms. The molecule has 0 aliphatic heterocycles. The van der Waals surface area contributed by atoms with Gasteiger partial charge in [0.1, 0.15) is 5.69 Å². The van der Waals surface area contributed by atoms with E-state index in [0.29, 0.717) is 5.56 Å². The molecule has 1 aromatic carbocycles. The second-order valence-corrected chi connectivity index (χ2v) is 7.36. The van der Waals surface area contributed by atoms with Crippen LogP contribution in [0.4, 0.5) is 5.69 Å². The van der Waals surface area contributed by atoms with Gasteiger partial charge < -0.3 is 10.6 Å². The van der Waals surface area contributed by atoms with Gasteiger partial charge in [0.25, 0.3) is 11.8 Å². The molecule has 5 nitrogen and oxygen atoms in total. The molecule has 5 heteroatoms. The third-order valence-corrected chi connectivity index (χ3v) is 3.66. The lowest BCUT2D eigenvalue weighted by Crippen LogP contribution is -2.41. The smallest absolute Gasteiger partial charge is 0.270 e. The van der Waals surface area contributed by atoms with E-state index in [1.54, 1.807) is 6.07 Å². The van der Waals surface area contributed by atoms with Crippen molar-refractivity contribution in [3.63, 3.8) is 0 Å². The maximum atomic E-state index is 12.6. The molecular formula is C20H25N3O2. The highest BCUT2D eigenvalue weighted by atomic mass is 16.2. The topological polar surface area (TPSA) is 71.1 Å². The van der Waals surface area contributed by atoms with E-state index >= 15 is 0 Å². The van der Waals surface area contributed by atoms with E-state index in [0.717, 1.165) is 22.4 Å². The van der Waals surface area contributed by atoms with Crippen molar-refractivity contribution in [1.82, 2.24) is 10.3 Å². The molecule has 1 aromatic heterocycles. The monoisotopic (exact) mass is 339 g/mol. The Morgan fingerprint density at radius 3 is 2.12 bits per heavy atom. The van der Waals surface area contributed by atoms with Crippen LogP contribution in [0.5, 0.6) is 0 Å². The molecule has 0 unspecified atom stereocenters. The summed E-state index contributed by atoms with van der Waals surface area (Å²) in [6, 6.07) is 7.16. The second kappa shape index (κ2) is 7.05. The average molecular weight is 339 g/mol. The Morgan fingerprint density at radius 1 is 0.960 bits per heavy atom. The first kappa shape index (κ1) is 18.6. The Kier molecular flexibility index (Phi) is 5.26. The lowest BCUT2D eigenvalue weighted by atomic mass is 10.0. The largest absolute Gasteiger partial charge is 0.346 e. The Balaban J connectivity index is 2.24. The van der Waals surface area contributed by atoms with Gasteiger partial charge in [-0.05, 0) is 64.8 Å². The number of carbonyl (C=O) groups excluding carboxylic acids is 2. The fraction of sp³-hybridized carbons (Fsp3) is 0.350. The van der Waals surface area contributed by atoms with Gasteiger partial charge in [-0.25, -0.2) is 0 Å². The lowest BCUT2D eigenvalue weighted by molar-refractivity contribution is 0.0914. The number of hydrogen-bond donors (Lipinski definition) is 2. The zero-order valence-corrected chi connectivity index (χ0v) is 15.7. The van der Waals surface area contributed by atoms with Crippen LogP contribution in [-0.4, -0.2) is 22.3 Å². The van der Waals surface area contributed by atoms with Crippen LogP contribution in [0, 0.1) is 20.8 Å². The molecule has 25 heavy (non-hydrogen) atoms. The molecule has 2 rings (SSSR count). The summed E-state index contributed by atoms with van der Waals surface area (Å²) in [6.45, 7) is 11.6. The van der Waals surface area contributed by atoms with Crippen LogP contribution in [0.1, 0.15) is 58.3 Å². The Hall–Kier alpha value is -2.69. The van der Waals surface area contributed by atoms with Gasteiger partial charge in [-0.3, -0.25) is 14.6 Å². The first-order chi connectivity index (χ1) is 11.6. The maximum absolute atomic E-state index is 12.6. The number of rotatable bonds is 3. The van der Waals surface area contributed by atoms with Crippen molar-refractivity contribution >= 4 is 17.5 Å². The van der Waals surface area contributed by atoms with Crippen LogP contribution in [0.15, 0.2) is 30.5 Å². The molecule has 1 heterocycles. The van der Waals surface area contributed by atoms with E-state index < -0.39 is 0 Å². The van der Waals surface area contributed by atoms with E-state index in [9.17, 15) is 9.59 Å². The van der Waals surface area contributed by atoms with E-state index in [1.165, 1.54) is 12.3 Å². The molecule has 0 radical (unpaired) electrons. The van der Waals surface area contributed by atoms with Crippen molar-refractivity contribution in [1.29, 1.82) is 0 Å². The fourth-order valence-corrected chi connectivity index (χ4v) is 2.66. The molecule has 0 atom stereocenters. The normalized spacial score (nSPS) is 11.1. The standard InChI is InChI=1S/C20H25N3O2/c1-12-9-13(2)17(14(3)10-12)22-18(24)15-7-8-21-16(11-15)19(25)23-20(4,5)6/h7-11H,1-6H3,(H,22,24)(H,23,25). The molecule has 2 aromatic rings. The molecule has 0 aliphatic rings. The van der Waals surface area contributed by atoms with Crippen LogP contribution in [0.2, 0.25) is 0 Å². The highest BCUT2D eigenvalue weighted by molar-refractivity contribution is 6.06. The van der Waals surface area contributed by atoms with Crippen molar-refractivity contribution in [2.75, 3.05) is 5.32 Å². The Morgan fingerprint density at radius 2 is 1.56 bits per heavy atom. The Labute approximate surface area is 148 Å². The van der Waals surface area contributed by atoms with Gasteiger partial charge in [0.2, 0.25) is 0 Å². The van der Waals surface area contributed by atoms with Crippen LogP contribution in [0.25, 0.3) is 0 Å². The van der Waals surface area contributed by atoms with Gasteiger partial charge in [0.15, 0.2) is 0 Å². The van der Waals surface area contributed by atoms with Crippen LogP contribution < -0.4 is 10.6 Å². The molecule has 2 N–H and O–H groups in total. The Bertz CT molecular complexity index is 797. The average Bonchev–Trinajstić information content (AvgIpc) is 2.49. The summed E-state index contributed by atoms with van der Waals surface area (Å²) in [5.74, 6) is -0.563. The molecule has 0 saturated heterocycles. The third kappa shape index (κ3) is 4.89. The second-order valence-electron chi connectivity index (χ2n) is 7.36. The summed E-state index contributed by atoms with van der Waals surface area (Å²) in [4.78, 5) is 28.9. The number of aromatic nitrogens is 1. The predicted octanol–water partition coefficient (Wildman–Crippen LogP) is 3.79. The minimum Gasteiger partial charge on any atom is -0.346 e. The van der Waals surface area contributed by atoms with Crippen LogP contribution in [0.3, 0.4) is 0 Å². The van der Waals surface area contributed by atoms with Crippen molar-refractivity contribution in [2.24, 2.45) is 0 Å². The van der Waals surface area contributed by atoms with Gasteiger partial charge in [0.05, 0.1) is 0 Å². The first-order valence-electron chi connectivity index (χ1n) is 8.24. The molecule has 2 amide bonds. The SMILES string of the molecule is Cc1cc(C)c(NC(=O)c2ccnc(C(=O)NC(C)(C)C)c2)c(C)c1. The summed E-state index contributed by atoms with van der Waals surface area (Å²) in [5.41, 5.74) is 4.21. The number of benzene rings is 1. The van der Waals surface area contributed by atoms with Gasteiger partial charge in [0, 0.05) is 23.0 Å². The summed E-state index contributed by atoms with van der Waals surface area (Å²) >= 11 is 0.